The van der Waals surface area contributed by atoms with Gasteiger partial charge < -0.3 is 20.1 Å². The molecule has 2 N–H and O–H groups in total. The maximum Gasteiger partial charge on any atom is 0.243 e. The SMILES string of the molecule is CCOc1ccc(NC(=O)CNC(=O)C2COc3ccc(Cl)cc3C2)cc1. The number of ether oxygens (including phenoxy) is 2. The van der Waals surface area contributed by atoms with Gasteiger partial charge in [0.05, 0.1) is 19.1 Å². The van der Waals surface area contributed by atoms with Crippen LogP contribution >= 0.6 is 11.6 Å². The van der Waals surface area contributed by atoms with Gasteiger partial charge in [-0.25, -0.2) is 0 Å². The van der Waals surface area contributed by atoms with Gasteiger partial charge in [-0.2, -0.15) is 0 Å². The van der Waals surface area contributed by atoms with Crippen molar-refractivity contribution in [2.75, 3.05) is 25.1 Å². The molecule has 6 nitrogen and oxygen atoms in total. The lowest BCUT2D eigenvalue weighted by atomic mass is 9.96. The van der Waals surface area contributed by atoms with Crippen LogP contribution < -0.4 is 20.1 Å². The molecule has 2 aromatic carbocycles. The van der Waals surface area contributed by atoms with Crippen LogP contribution in [0.1, 0.15) is 12.5 Å². The van der Waals surface area contributed by atoms with Crippen molar-refractivity contribution in [2.24, 2.45) is 5.92 Å². The molecule has 1 aliphatic heterocycles. The molecule has 2 amide bonds. The number of carbonyl (C=O) groups excluding carboxylic acids is 2. The Bertz CT molecular complexity index is 823. The third kappa shape index (κ3) is 5.14. The van der Waals surface area contributed by atoms with E-state index in [4.69, 9.17) is 21.1 Å². The van der Waals surface area contributed by atoms with Crippen molar-refractivity contribution in [3.8, 4) is 11.5 Å². The molecular weight excluding hydrogens is 368 g/mol. The Morgan fingerprint density at radius 3 is 2.74 bits per heavy atom. The van der Waals surface area contributed by atoms with E-state index in [0.717, 1.165) is 17.1 Å². The summed E-state index contributed by atoms with van der Waals surface area (Å²) in [5.41, 5.74) is 1.54. The molecule has 142 valence electrons. The van der Waals surface area contributed by atoms with Crippen LogP contribution in [0.2, 0.25) is 5.02 Å². The topological polar surface area (TPSA) is 76.7 Å². The molecular formula is C20H21ClN2O4. The van der Waals surface area contributed by atoms with Crippen LogP contribution in [0, 0.1) is 5.92 Å². The van der Waals surface area contributed by atoms with E-state index in [1.807, 2.05) is 6.92 Å². The number of rotatable bonds is 6. The van der Waals surface area contributed by atoms with Gasteiger partial charge in [-0.1, -0.05) is 11.6 Å². The lowest BCUT2D eigenvalue weighted by molar-refractivity contribution is -0.128. The van der Waals surface area contributed by atoms with Gasteiger partial charge in [-0.3, -0.25) is 9.59 Å². The summed E-state index contributed by atoms with van der Waals surface area (Å²) < 4.78 is 11.0. The van der Waals surface area contributed by atoms with Crippen LogP contribution in [0.4, 0.5) is 5.69 Å². The minimum Gasteiger partial charge on any atom is -0.494 e. The molecule has 1 aliphatic rings. The van der Waals surface area contributed by atoms with E-state index < -0.39 is 0 Å². The molecule has 7 heteroatoms. The average Bonchev–Trinajstić information content (AvgIpc) is 2.67. The summed E-state index contributed by atoms with van der Waals surface area (Å²) in [5, 5.41) is 6.00. The van der Waals surface area contributed by atoms with Crippen LogP contribution in [0.3, 0.4) is 0 Å². The highest BCUT2D eigenvalue weighted by Gasteiger charge is 2.26. The molecule has 0 saturated heterocycles. The van der Waals surface area contributed by atoms with Gasteiger partial charge in [-0.05, 0) is 61.4 Å². The number of nitrogens with one attached hydrogen (secondary N) is 2. The largest absolute Gasteiger partial charge is 0.494 e. The third-order valence-corrected chi connectivity index (χ3v) is 4.41. The Balaban J connectivity index is 1.48. The zero-order chi connectivity index (χ0) is 19.2. The molecule has 1 unspecified atom stereocenters. The molecule has 3 rings (SSSR count). The van der Waals surface area contributed by atoms with E-state index in [2.05, 4.69) is 10.6 Å². The number of hydrogen-bond acceptors (Lipinski definition) is 4. The lowest BCUT2D eigenvalue weighted by Crippen LogP contribution is -2.40. The van der Waals surface area contributed by atoms with E-state index in [0.29, 0.717) is 23.7 Å². The molecule has 0 aromatic heterocycles. The van der Waals surface area contributed by atoms with Crippen molar-refractivity contribution in [1.82, 2.24) is 5.32 Å². The standard InChI is InChI=1S/C20H21ClN2O4/c1-2-26-17-6-4-16(5-7-17)23-19(24)11-22-20(25)14-9-13-10-15(21)3-8-18(13)27-12-14/h3-8,10,14H,2,9,11-12H2,1H3,(H,22,25)(H,23,24). The van der Waals surface area contributed by atoms with E-state index in [-0.39, 0.29) is 30.9 Å². The Kier molecular flexibility index (Phi) is 6.19. The minimum atomic E-state index is -0.353. The fraction of sp³-hybridized carbons (Fsp3) is 0.300. The van der Waals surface area contributed by atoms with E-state index in [9.17, 15) is 9.59 Å². The average molecular weight is 389 g/mol. The second-order valence-corrected chi connectivity index (χ2v) is 6.62. The molecule has 0 bridgehead atoms. The van der Waals surface area contributed by atoms with Crippen molar-refractivity contribution >= 4 is 29.1 Å². The van der Waals surface area contributed by atoms with E-state index in [1.165, 1.54) is 0 Å². The summed E-state index contributed by atoms with van der Waals surface area (Å²) in [6, 6.07) is 12.4. The number of fused-ring (bicyclic) bond motifs is 1. The van der Waals surface area contributed by atoms with Crippen LogP contribution in [0.5, 0.6) is 11.5 Å². The summed E-state index contributed by atoms with van der Waals surface area (Å²) in [6.07, 6.45) is 0.530. The Morgan fingerprint density at radius 1 is 1.22 bits per heavy atom. The predicted octanol–water partition coefficient (Wildman–Crippen LogP) is 3.04. The quantitative estimate of drug-likeness (QED) is 0.797. The Morgan fingerprint density at radius 2 is 2.00 bits per heavy atom. The fourth-order valence-electron chi connectivity index (χ4n) is 2.85. The molecule has 0 saturated carbocycles. The number of carbonyl (C=O) groups is 2. The maximum atomic E-state index is 12.3. The Hall–Kier alpha value is -2.73. The molecule has 0 radical (unpaired) electrons. The first-order valence-corrected chi connectivity index (χ1v) is 9.14. The van der Waals surface area contributed by atoms with Gasteiger partial charge >= 0.3 is 0 Å². The number of halogens is 1. The van der Waals surface area contributed by atoms with E-state index in [1.54, 1.807) is 42.5 Å². The van der Waals surface area contributed by atoms with Crippen molar-refractivity contribution in [3.05, 3.63) is 53.1 Å². The summed E-state index contributed by atoms with van der Waals surface area (Å²) in [4.78, 5) is 24.4. The van der Waals surface area contributed by atoms with Gasteiger partial charge in [0.25, 0.3) is 0 Å². The van der Waals surface area contributed by atoms with Crippen LogP contribution in [0.15, 0.2) is 42.5 Å². The molecule has 27 heavy (non-hydrogen) atoms. The van der Waals surface area contributed by atoms with Gasteiger partial charge in [0.15, 0.2) is 0 Å². The van der Waals surface area contributed by atoms with Crippen LogP contribution in [0.25, 0.3) is 0 Å². The molecule has 0 spiro atoms. The molecule has 2 aromatic rings. The molecule has 0 fully saturated rings. The first-order valence-electron chi connectivity index (χ1n) is 8.77. The lowest BCUT2D eigenvalue weighted by Gasteiger charge is -2.24. The maximum absolute atomic E-state index is 12.3. The van der Waals surface area contributed by atoms with Gasteiger partial charge in [-0.15, -0.1) is 0 Å². The highest BCUT2D eigenvalue weighted by atomic mass is 35.5. The summed E-state index contributed by atoms with van der Waals surface area (Å²) in [5.74, 6) is 0.613. The number of benzene rings is 2. The van der Waals surface area contributed by atoms with E-state index >= 15 is 0 Å². The van der Waals surface area contributed by atoms with Gasteiger partial charge in [0.2, 0.25) is 11.8 Å². The summed E-state index contributed by atoms with van der Waals surface area (Å²) in [7, 11) is 0. The van der Waals surface area contributed by atoms with Crippen molar-refractivity contribution < 1.29 is 19.1 Å². The van der Waals surface area contributed by atoms with Crippen LogP contribution in [-0.2, 0) is 16.0 Å². The second kappa shape index (κ2) is 8.77. The molecule has 1 atom stereocenters. The third-order valence-electron chi connectivity index (χ3n) is 4.17. The predicted molar refractivity (Wildman–Crippen MR) is 103 cm³/mol. The first kappa shape index (κ1) is 19.0. The molecule has 1 heterocycles. The zero-order valence-electron chi connectivity index (χ0n) is 15.0. The second-order valence-electron chi connectivity index (χ2n) is 6.19. The number of hydrogen-bond donors (Lipinski definition) is 2. The van der Waals surface area contributed by atoms with Crippen molar-refractivity contribution in [1.29, 1.82) is 0 Å². The van der Waals surface area contributed by atoms with Gasteiger partial charge in [0.1, 0.15) is 18.1 Å². The highest BCUT2D eigenvalue weighted by molar-refractivity contribution is 6.30. The first-order chi connectivity index (χ1) is 13.0. The number of amides is 2. The highest BCUT2D eigenvalue weighted by Crippen LogP contribution is 2.29. The van der Waals surface area contributed by atoms with Gasteiger partial charge in [0, 0.05) is 10.7 Å². The van der Waals surface area contributed by atoms with Crippen molar-refractivity contribution in [3.63, 3.8) is 0 Å². The Labute approximate surface area is 162 Å². The summed E-state index contributed by atoms with van der Waals surface area (Å²) in [6.45, 7) is 2.66. The smallest absolute Gasteiger partial charge is 0.243 e. The zero-order valence-corrected chi connectivity index (χ0v) is 15.7. The molecule has 0 aliphatic carbocycles. The minimum absolute atomic E-state index is 0.106. The summed E-state index contributed by atoms with van der Waals surface area (Å²) >= 11 is 5.99. The normalized spacial score (nSPS) is 15.3. The fourth-order valence-corrected chi connectivity index (χ4v) is 3.04. The number of anilines is 1. The van der Waals surface area contributed by atoms with Crippen LogP contribution in [-0.4, -0.2) is 31.6 Å². The van der Waals surface area contributed by atoms with Crippen molar-refractivity contribution in [2.45, 2.75) is 13.3 Å². The monoisotopic (exact) mass is 388 g/mol.